The highest BCUT2D eigenvalue weighted by Gasteiger charge is 2.05. The summed E-state index contributed by atoms with van der Waals surface area (Å²) in [6.07, 6.45) is 1.61. The molecule has 0 unspecified atom stereocenters. The maximum Gasteiger partial charge on any atom is 0.239 e. The molecule has 62 valence electrons. The van der Waals surface area contributed by atoms with Crippen LogP contribution in [0.2, 0.25) is 0 Å². The summed E-state index contributed by atoms with van der Waals surface area (Å²) in [6, 6.07) is 1.86. The Bertz CT molecular complexity index is 351. The third kappa shape index (κ3) is 1.05. The summed E-state index contributed by atoms with van der Waals surface area (Å²) in [5, 5.41) is 6.39. The minimum atomic E-state index is 0.240. The molecule has 0 fully saturated rings. The van der Waals surface area contributed by atoms with Crippen LogP contribution in [0.4, 0.5) is 5.95 Å². The third-order valence-corrected chi connectivity index (χ3v) is 1.51. The van der Waals surface area contributed by atoms with Gasteiger partial charge in [0.15, 0.2) is 5.82 Å². The maximum atomic E-state index is 5.34. The summed E-state index contributed by atoms with van der Waals surface area (Å²) in [4.78, 5) is 3.95. The molecule has 0 radical (unpaired) electrons. The highest BCUT2D eigenvalue weighted by molar-refractivity contribution is 5.54. The van der Waals surface area contributed by atoms with E-state index in [0.717, 1.165) is 11.3 Å². The van der Waals surface area contributed by atoms with Crippen molar-refractivity contribution < 1.29 is 4.42 Å². The Hall–Kier alpha value is -1.78. The number of nitrogens with two attached hydrogens (primary N) is 1. The first kappa shape index (κ1) is 6.90. The molecule has 0 aromatic carbocycles. The largest absolute Gasteiger partial charge is 0.469 e. The van der Waals surface area contributed by atoms with E-state index < -0.39 is 0 Å². The van der Waals surface area contributed by atoms with Crippen molar-refractivity contribution in [3.05, 3.63) is 18.1 Å². The minimum absolute atomic E-state index is 0.240. The summed E-state index contributed by atoms with van der Waals surface area (Å²) in [6.45, 7) is 1.86. The van der Waals surface area contributed by atoms with Gasteiger partial charge in [-0.3, -0.25) is 5.10 Å². The number of nitrogens with one attached hydrogen (secondary N) is 1. The highest BCUT2D eigenvalue weighted by atomic mass is 16.3. The van der Waals surface area contributed by atoms with Crippen LogP contribution in [0, 0.1) is 6.92 Å². The normalized spacial score (nSPS) is 10.4. The van der Waals surface area contributed by atoms with Crippen LogP contribution in [0.15, 0.2) is 16.7 Å². The zero-order valence-electron chi connectivity index (χ0n) is 6.53. The monoisotopic (exact) mass is 164 g/mol. The number of anilines is 1. The second-order valence-corrected chi connectivity index (χ2v) is 2.49. The predicted octanol–water partition coefficient (Wildman–Crippen LogP) is 0.955. The summed E-state index contributed by atoms with van der Waals surface area (Å²) in [7, 11) is 0. The van der Waals surface area contributed by atoms with Crippen LogP contribution in [0.5, 0.6) is 0 Å². The lowest BCUT2D eigenvalue weighted by molar-refractivity contribution is 0.534. The van der Waals surface area contributed by atoms with Crippen molar-refractivity contribution in [1.29, 1.82) is 0 Å². The summed E-state index contributed by atoms with van der Waals surface area (Å²) in [5.41, 5.74) is 6.20. The van der Waals surface area contributed by atoms with Crippen molar-refractivity contribution in [2.75, 3.05) is 5.73 Å². The van der Waals surface area contributed by atoms with Crippen molar-refractivity contribution >= 4 is 5.95 Å². The Morgan fingerprint density at radius 2 is 2.42 bits per heavy atom. The van der Waals surface area contributed by atoms with Gasteiger partial charge in [-0.25, -0.2) is 0 Å². The van der Waals surface area contributed by atoms with E-state index in [4.69, 9.17) is 10.2 Å². The number of H-pyrrole nitrogens is 1. The number of hydrogen-bond acceptors (Lipinski definition) is 4. The van der Waals surface area contributed by atoms with Gasteiger partial charge in [0, 0.05) is 0 Å². The molecule has 0 bridgehead atoms. The van der Waals surface area contributed by atoms with Gasteiger partial charge in [0.05, 0.1) is 5.56 Å². The lowest BCUT2D eigenvalue weighted by Gasteiger charge is -1.82. The predicted molar refractivity (Wildman–Crippen MR) is 43.2 cm³/mol. The van der Waals surface area contributed by atoms with Gasteiger partial charge in [0.2, 0.25) is 5.95 Å². The Kier molecular flexibility index (Phi) is 1.36. The molecule has 0 saturated heterocycles. The topological polar surface area (TPSA) is 80.7 Å². The number of aromatic amines is 1. The van der Waals surface area contributed by atoms with Crippen molar-refractivity contribution in [2.45, 2.75) is 6.92 Å². The number of aromatic nitrogens is 3. The number of aryl methyl sites for hydroxylation is 1. The number of rotatable bonds is 1. The molecule has 0 aliphatic carbocycles. The smallest absolute Gasteiger partial charge is 0.239 e. The fourth-order valence-corrected chi connectivity index (χ4v) is 0.972. The second kappa shape index (κ2) is 2.37. The van der Waals surface area contributed by atoms with Crippen molar-refractivity contribution in [3.63, 3.8) is 0 Å². The van der Waals surface area contributed by atoms with Crippen LogP contribution in [0.25, 0.3) is 11.4 Å². The molecule has 2 rings (SSSR count). The molecule has 0 atom stereocenters. The van der Waals surface area contributed by atoms with Crippen LogP contribution in [-0.2, 0) is 0 Å². The van der Waals surface area contributed by atoms with Gasteiger partial charge < -0.3 is 10.2 Å². The number of furan rings is 1. The maximum absolute atomic E-state index is 5.34. The molecule has 2 aromatic heterocycles. The van der Waals surface area contributed by atoms with E-state index in [-0.39, 0.29) is 5.95 Å². The van der Waals surface area contributed by atoms with E-state index in [9.17, 15) is 0 Å². The Balaban J connectivity index is 2.43. The van der Waals surface area contributed by atoms with Gasteiger partial charge in [-0.1, -0.05) is 0 Å². The molecule has 0 spiro atoms. The van der Waals surface area contributed by atoms with Crippen LogP contribution in [0.3, 0.4) is 0 Å². The second-order valence-electron chi connectivity index (χ2n) is 2.49. The number of nitrogens with zero attached hydrogens (tertiary/aromatic N) is 2. The van der Waals surface area contributed by atoms with Gasteiger partial charge in [-0.15, -0.1) is 5.10 Å². The van der Waals surface area contributed by atoms with E-state index in [1.165, 1.54) is 0 Å². The molecule has 3 N–H and O–H groups in total. The first-order chi connectivity index (χ1) is 5.75. The molecule has 0 aliphatic heterocycles. The zero-order valence-corrected chi connectivity index (χ0v) is 6.53. The van der Waals surface area contributed by atoms with Crippen molar-refractivity contribution in [3.8, 4) is 11.4 Å². The standard InChI is InChI=1S/C7H8N4O/c1-4-2-5(3-12-4)6-9-7(8)11-10-6/h2-3H,1H3,(H3,8,9,10,11). The Morgan fingerprint density at radius 3 is 2.92 bits per heavy atom. The van der Waals surface area contributed by atoms with Crippen LogP contribution < -0.4 is 5.73 Å². The van der Waals surface area contributed by atoms with E-state index in [1.54, 1.807) is 6.26 Å². The van der Waals surface area contributed by atoms with E-state index in [1.807, 2.05) is 13.0 Å². The average molecular weight is 164 g/mol. The fourth-order valence-electron chi connectivity index (χ4n) is 0.972. The third-order valence-electron chi connectivity index (χ3n) is 1.51. The van der Waals surface area contributed by atoms with Crippen LogP contribution >= 0.6 is 0 Å². The van der Waals surface area contributed by atoms with Gasteiger partial charge in [0.25, 0.3) is 0 Å². The molecule has 5 nitrogen and oxygen atoms in total. The first-order valence-electron chi connectivity index (χ1n) is 3.49. The van der Waals surface area contributed by atoms with Crippen LogP contribution in [-0.4, -0.2) is 15.2 Å². The molecular weight excluding hydrogens is 156 g/mol. The van der Waals surface area contributed by atoms with E-state index in [2.05, 4.69) is 15.2 Å². The molecule has 0 saturated carbocycles. The quantitative estimate of drug-likeness (QED) is 0.657. The minimum Gasteiger partial charge on any atom is -0.469 e. The molecular formula is C7H8N4O. The summed E-state index contributed by atoms with van der Waals surface area (Å²) in [5.74, 6) is 1.70. The first-order valence-corrected chi connectivity index (χ1v) is 3.49. The van der Waals surface area contributed by atoms with Gasteiger partial charge in [-0.05, 0) is 13.0 Å². The SMILES string of the molecule is Cc1cc(-c2nc(N)n[nH]2)co1. The average Bonchev–Trinajstić information content (AvgIpc) is 2.58. The number of hydrogen-bond donors (Lipinski definition) is 2. The summed E-state index contributed by atoms with van der Waals surface area (Å²) < 4.78 is 5.10. The fraction of sp³-hybridized carbons (Fsp3) is 0.143. The highest BCUT2D eigenvalue weighted by Crippen LogP contribution is 2.17. The summed E-state index contributed by atoms with van der Waals surface area (Å²) >= 11 is 0. The molecule has 0 amide bonds. The lowest BCUT2D eigenvalue weighted by Crippen LogP contribution is -1.85. The number of nitrogen functional groups attached to an aromatic ring is 1. The van der Waals surface area contributed by atoms with Crippen molar-refractivity contribution in [1.82, 2.24) is 15.2 Å². The molecule has 2 heterocycles. The molecule has 12 heavy (non-hydrogen) atoms. The molecule has 0 aliphatic rings. The van der Waals surface area contributed by atoms with Gasteiger partial charge in [-0.2, -0.15) is 4.98 Å². The van der Waals surface area contributed by atoms with Crippen LogP contribution in [0.1, 0.15) is 5.76 Å². The van der Waals surface area contributed by atoms with Gasteiger partial charge >= 0.3 is 0 Å². The van der Waals surface area contributed by atoms with Crippen molar-refractivity contribution in [2.24, 2.45) is 0 Å². The Labute approximate surface area is 68.6 Å². The molecule has 2 aromatic rings. The van der Waals surface area contributed by atoms with E-state index in [0.29, 0.717) is 5.82 Å². The van der Waals surface area contributed by atoms with Gasteiger partial charge in [0.1, 0.15) is 12.0 Å². The van der Waals surface area contributed by atoms with E-state index >= 15 is 0 Å². The Morgan fingerprint density at radius 1 is 1.58 bits per heavy atom. The molecule has 5 heteroatoms. The zero-order chi connectivity index (χ0) is 8.55. The lowest BCUT2D eigenvalue weighted by atomic mass is 10.3.